The molecule has 4 heteroatoms. The van der Waals surface area contributed by atoms with Gasteiger partial charge in [0.2, 0.25) is 5.95 Å². The molecule has 0 bridgehead atoms. The second-order valence-electron chi connectivity index (χ2n) is 4.88. The summed E-state index contributed by atoms with van der Waals surface area (Å²) >= 11 is 0. The van der Waals surface area contributed by atoms with E-state index in [2.05, 4.69) is 17.1 Å². The van der Waals surface area contributed by atoms with Gasteiger partial charge >= 0.3 is 0 Å². The van der Waals surface area contributed by atoms with Gasteiger partial charge in [-0.1, -0.05) is 0 Å². The molecule has 1 aromatic heterocycles. The van der Waals surface area contributed by atoms with Gasteiger partial charge in [-0.15, -0.1) is 0 Å². The number of hydrogen-bond donors (Lipinski definition) is 1. The van der Waals surface area contributed by atoms with Crippen LogP contribution in [-0.4, -0.2) is 29.6 Å². The highest BCUT2D eigenvalue weighted by molar-refractivity contribution is 5.53. The highest BCUT2D eigenvalue weighted by Gasteiger charge is 2.22. The molecule has 2 aliphatic rings. The van der Waals surface area contributed by atoms with Crippen molar-refractivity contribution in [1.29, 1.82) is 0 Å². The fourth-order valence-electron chi connectivity index (χ4n) is 2.79. The van der Waals surface area contributed by atoms with Crippen molar-refractivity contribution in [2.75, 3.05) is 29.9 Å². The average molecular weight is 232 g/mol. The smallest absolute Gasteiger partial charge is 0.227 e. The molecule has 92 valence electrons. The summed E-state index contributed by atoms with van der Waals surface area (Å²) in [5.74, 6) is 2.02. The molecule has 2 heterocycles. The van der Waals surface area contributed by atoms with Crippen LogP contribution in [0, 0.1) is 0 Å². The second kappa shape index (κ2) is 4.51. The van der Waals surface area contributed by atoms with Crippen LogP contribution in [0.4, 0.5) is 11.8 Å². The van der Waals surface area contributed by atoms with E-state index in [1.807, 2.05) is 0 Å². The van der Waals surface area contributed by atoms with Crippen molar-refractivity contribution in [1.82, 2.24) is 9.97 Å². The number of fused-ring (bicyclic) bond motifs is 1. The van der Waals surface area contributed by atoms with Crippen LogP contribution in [0.5, 0.6) is 0 Å². The predicted molar refractivity (Wildman–Crippen MR) is 69.7 cm³/mol. The Bertz CT molecular complexity index is 410. The minimum atomic E-state index is 0.933. The molecule has 1 aliphatic heterocycles. The summed E-state index contributed by atoms with van der Waals surface area (Å²) < 4.78 is 0. The Morgan fingerprint density at radius 3 is 2.71 bits per heavy atom. The Balaban J connectivity index is 1.96. The maximum absolute atomic E-state index is 4.75. The highest BCUT2D eigenvalue weighted by Crippen LogP contribution is 2.29. The van der Waals surface area contributed by atoms with E-state index in [4.69, 9.17) is 9.97 Å². The first-order valence-electron chi connectivity index (χ1n) is 6.77. The molecule has 4 nitrogen and oxygen atoms in total. The first-order chi connectivity index (χ1) is 8.38. The second-order valence-corrected chi connectivity index (χ2v) is 4.88. The molecule has 17 heavy (non-hydrogen) atoms. The minimum Gasteiger partial charge on any atom is -0.370 e. The summed E-state index contributed by atoms with van der Waals surface area (Å²) in [5.41, 5.74) is 2.63. The number of aryl methyl sites for hydroxylation is 1. The number of hydrogen-bond acceptors (Lipinski definition) is 4. The van der Waals surface area contributed by atoms with Crippen LogP contribution in [0.2, 0.25) is 0 Å². The maximum atomic E-state index is 4.75. The summed E-state index contributed by atoms with van der Waals surface area (Å²) in [7, 11) is 0. The van der Waals surface area contributed by atoms with E-state index in [1.165, 1.54) is 30.5 Å². The van der Waals surface area contributed by atoms with Crippen LogP contribution in [-0.2, 0) is 12.8 Å². The third kappa shape index (κ3) is 1.96. The van der Waals surface area contributed by atoms with Gasteiger partial charge in [-0.25, -0.2) is 4.98 Å². The van der Waals surface area contributed by atoms with Crippen molar-refractivity contribution in [3.05, 3.63) is 11.3 Å². The first-order valence-corrected chi connectivity index (χ1v) is 6.77. The molecule has 0 atom stereocenters. The Hall–Kier alpha value is -1.32. The Kier molecular flexibility index (Phi) is 2.87. The Labute approximate surface area is 102 Å². The van der Waals surface area contributed by atoms with Crippen LogP contribution < -0.4 is 10.2 Å². The summed E-state index contributed by atoms with van der Waals surface area (Å²) in [6, 6.07) is 0. The zero-order chi connectivity index (χ0) is 11.7. The van der Waals surface area contributed by atoms with Crippen LogP contribution in [0.15, 0.2) is 0 Å². The van der Waals surface area contributed by atoms with E-state index in [1.54, 1.807) is 0 Å². The third-order valence-corrected chi connectivity index (χ3v) is 3.65. The standard InChI is InChI=1S/C13H20N4/c1-2-14-12-10-6-5-7-11(10)15-13(16-12)17-8-3-4-9-17/h2-9H2,1H3,(H,14,15,16). The Morgan fingerprint density at radius 2 is 1.94 bits per heavy atom. The molecular weight excluding hydrogens is 212 g/mol. The van der Waals surface area contributed by atoms with Crippen LogP contribution >= 0.6 is 0 Å². The summed E-state index contributed by atoms with van der Waals surface area (Å²) in [4.78, 5) is 11.8. The van der Waals surface area contributed by atoms with Gasteiger partial charge < -0.3 is 10.2 Å². The summed E-state index contributed by atoms with van der Waals surface area (Å²) in [6.07, 6.45) is 6.04. The molecule has 3 rings (SSSR count). The van der Waals surface area contributed by atoms with Crippen molar-refractivity contribution < 1.29 is 0 Å². The van der Waals surface area contributed by atoms with Crippen LogP contribution in [0.25, 0.3) is 0 Å². The lowest BCUT2D eigenvalue weighted by Crippen LogP contribution is -2.22. The summed E-state index contributed by atoms with van der Waals surface area (Å²) in [5, 5.41) is 3.39. The first kappa shape index (κ1) is 10.8. The van der Waals surface area contributed by atoms with E-state index in [0.29, 0.717) is 0 Å². The number of aromatic nitrogens is 2. The topological polar surface area (TPSA) is 41.1 Å². The maximum Gasteiger partial charge on any atom is 0.227 e. The van der Waals surface area contributed by atoms with Gasteiger partial charge in [0.25, 0.3) is 0 Å². The molecule has 1 fully saturated rings. The number of nitrogens with one attached hydrogen (secondary N) is 1. The van der Waals surface area contributed by atoms with Crippen LogP contribution in [0.1, 0.15) is 37.4 Å². The predicted octanol–water partition coefficient (Wildman–Crippen LogP) is 2.00. The van der Waals surface area contributed by atoms with Gasteiger partial charge in [-0.05, 0) is 39.0 Å². The van der Waals surface area contributed by atoms with Crippen molar-refractivity contribution in [2.45, 2.75) is 39.0 Å². The monoisotopic (exact) mass is 232 g/mol. The van der Waals surface area contributed by atoms with Gasteiger partial charge in [-0.3, -0.25) is 0 Å². The largest absolute Gasteiger partial charge is 0.370 e. The highest BCUT2D eigenvalue weighted by atomic mass is 15.3. The van der Waals surface area contributed by atoms with E-state index in [9.17, 15) is 0 Å². The molecular formula is C13H20N4. The normalized spacial score (nSPS) is 18.5. The van der Waals surface area contributed by atoms with Crippen molar-refractivity contribution in [2.24, 2.45) is 0 Å². The number of anilines is 2. The van der Waals surface area contributed by atoms with E-state index < -0.39 is 0 Å². The van der Waals surface area contributed by atoms with Gasteiger partial charge in [0.05, 0.1) is 5.69 Å². The minimum absolute atomic E-state index is 0.933. The van der Waals surface area contributed by atoms with Crippen molar-refractivity contribution in [3.63, 3.8) is 0 Å². The van der Waals surface area contributed by atoms with E-state index in [0.717, 1.165) is 44.2 Å². The molecule has 1 aromatic rings. The lowest BCUT2D eigenvalue weighted by molar-refractivity contribution is 0.871. The Morgan fingerprint density at radius 1 is 1.12 bits per heavy atom. The van der Waals surface area contributed by atoms with Gasteiger partial charge in [-0.2, -0.15) is 4.98 Å². The zero-order valence-corrected chi connectivity index (χ0v) is 10.5. The molecule has 0 aromatic carbocycles. The fourth-order valence-corrected chi connectivity index (χ4v) is 2.79. The molecule has 1 saturated heterocycles. The van der Waals surface area contributed by atoms with E-state index in [-0.39, 0.29) is 0 Å². The van der Waals surface area contributed by atoms with E-state index >= 15 is 0 Å². The molecule has 0 saturated carbocycles. The summed E-state index contributed by atoms with van der Waals surface area (Å²) in [6.45, 7) is 5.29. The lowest BCUT2D eigenvalue weighted by atomic mass is 10.2. The fraction of sp³-hybridized carbons (Fsp3) is 0.692. The molecule has 0 radical (unpaired) electrons. The molecule has 1 aliphatic carbocycles. The molecule has 0 spiro atoms. The zero-order valence-electron chi connectivity index (χ0n) is 10.5. The molecule has 1 N–H and O–H groups in total. The van der Waals surface area contributed by atoms with Crippen LogP contribution in [0.3, 0.4) is 0 Å². The number of rotatable bonds is 3. The number of nitrogens with zero attached hydrogens (tertiary/aromatic N) is 3. The van der Waals surface area contributed by atoms with Gasteiger partial charge in [0.1, 0.15) is 5.82 Å². The molecule has 0 unspecified atom stereocenters. The SMILES string of the molecule is CCNc1nc(N2CCCC2)nc2c1CCC2. The lowest BCUT2D eigenvalue weighted by Gasteiger charge is -2.18. The molecule has 0 amide bonds. The quantitative estimate of drug-likeness (QED) is 0.865. The van der Waals surface area contributed by atoms with Gasteiger partial charge in [0, 0.05) is 25.2 Å². The van der Waals surface area contributed by atoms with Crippen molar-refractivity contribution in [3.8, 4) is 0 Å². The van der Waals surface area contributed by atoms with Crippen molar-refractivity contribution >= 4 is 11.8 Å². The third-order valence-electron chi connectivity index (χ3n) is 3.65. The van der Waals surface area contributed by atoms with Gasteiger partial charge in [0.15, 0.2) is 0 Å². The average Bonchev–Trinajstić information content (AvgIpc) is 3.00.